The van der Waals surface area contributed by atoms with E-state index in [1.165, 1.54) is 17.3 Å². The molecule has 0 nitrogen and oxygen atoms in total. The van der Waals surface area contributed by atoms with Crippen molar-refractivity contribution in [3.05, 3.63) is 34.3 Å². The van der Waals surface area contributed by atoms with Crippen molar-refractivity contribution >= 4 is 15.9 Å². The van der Waals surface area contributed by atoms with E-state index in [-0.39, 0.29) is 0 Å². The van der Waals surface area contributed by atoms with Crippen LogP contribution in [-0.4, -0.2) is 0 Å². The third-order valence-corrected chi connectivity index (χ3v) is 11.2. The molecule has 2 unspecified atom stereocenters. The molecule has 4 atom stereocenters. The number of benzene rings is 1. The van der Waals surface area contributed by atoms with Gasteiger partial charge in [-0.2, -0.15) is 0 Å². The van der Waals surface area contributed by atoms with Crippen molar-refractivity contribution in [2.45, 2.75) is 82.5 Å². The molecular formula is C26H33Br. The topological polar surface area (TPSA) is 0 Å². The second-order valence-corrected chi connectivity index (χ2v) is 13.1. The maximum Gasteiger partial charge on any atom is 0.0175 e. The first kappa shape index (κ1) is 16.5. The second kappa shape index (κ2) is 5.24. The summed E-state index contributed by atoms with van der Waals surface area (Å²) in [6.07, 6.45) is 19.0. The van der Waals surface area contributed by atoms with Gasteiger partial charge in [0, 0.05) is 4.47 Å². The van der Waals surface area contributed by atoms with Gasteiger partial charge in [0.05, 0.1) is 0 Å². The highest BCUT2D eigenvalue weighted by molar-refractivity contribution is 9.10. The average molecular weight is 425 g/mol. The van der Waals surface area contributed by atoms with Crippen molar-refractivity contribution in [3.8, 4) is 0 Å². The van der Waals surface area contributed by atoms with Crippen LogP contribution < -0.4 is 0 Å². The van der Waals surface area contributed by atoms with Crippen LogP contribution in [0, 0.1) is 40.4 Å². The van der Waals surface area contributed by atoms with Crippen molar-refractivity contribution in [1.82, 2.24) is 0 Å². The molecule has 9 rings (SSSR count). The summed E-state index contributed by atoms with van der Waals surface area (Å²) in [4.78, 5) is 0. The molecule has 8 aliphatic rings. The van der Waals surface area contributed by atoms with Crippen LogP contribution in [0.15, 0.2) is 28.7 Å². The van der Waals surface area contributed by atoms with Gasteiger partial charge in [-0.05, 0) is 141 Å². The van der Waals surface area contributed by atoms with E-state index in [1.54, 1.807) is 69.8 Å². The highest BCUT2D eigenvalue weighted by Crippen LogP contribution is 2.77. The lowest BCUT2D eigenvalue weighted by Crippen LogP contribution is -2.63. The minimum atomic E-state index is 0.522. The Kier molecular flexibility index (Phi) is 3.20. The molecular weight excluding hydrogens is 392 g/mol. The standard InChI is InChI=1S/C26H33Br/c27-23-3-1-22(2-4-23)24-9-20-8-21(10-24)15-26(14-20,16-24)25-11-17-5-18(12-25)7-19(6-17)13-25/h1-4,17-21H,5-16H2/t17?,18?,19?,20-,21+,24?,25?,26?. The van der Waals surface area contributed by atoms with Gasteiger partial charge < -0.3 is 0 Å². The minimum absolute atomic E-state index is 0.522. The summed E-state index contributed by atoms with van der Waals surface area (Å²) in [7, 11) is 0. The average Bonchev–Trinajstić information content (AvgIpc) is 2.60. The van der Waals surface area contributed by atoms with E-state index in [1.807, 2.05) is 0 Å². The molecule has 8 saturated carbocycles. The van der Waals surface area contributed by atoms with Crippen LogP contribution >= 0.6 is 15.9 Å². The van der Waals surface area contributed by atoms with E-state index < -0.39 is 0 Å². The zero-order valence-electron chi connectivity index (χ0n) is 16.6. The van der Waals surface area contributed by atoms with E-state index in [4.69, 9.17) is 0 Å². The molecule has 0 aromatic heterocycles. The van der Waals surface area contributed by atoms with Gasteiger partial charge in [-0.3, -0.25) is 0 Å². The van der Waals surface area contributed by atoms with E-state index in [0.717, 1.165) is 35.0 Å². The summed E-state index contributed by atoms with van der Waals surface area (Å²) < 4.78 is 1.24. The van der Waals surface area contributed by atoms with Gasteiger partial charge in [-0.1, -0.05) is 28.1 Å². The van der Waals surface area contributed by atoms with Crippen molar-refractivity contribution in [3.63, 3.8) is 0 Å². The molecule has 0 aliphatic heterocycles. The molecule has 1 aromatic carbocycles. The van der Waals surface area contributed by atoms with E-state index >= 15 is 0 Å². The lowest BCUT2D eigenvalue weighted by molar-refractivity contribution is -0.205. The van der Waals surface area contributed by atoms with Crippen molar-refractivity contribution in [1.29, 1.82) is 0 Å². The molecule has 1 heteroatoms. The Labute approximate surface area is 173 Å². The second-order valence-electron chi connectivity index (χ2n) is 12.2. The fraction of sp³-hybridized carbons (Fsp3) is 0.769. The number of hydrogen-bond donors (Lipinski definition) is 0. The van der Waals surface area contributed by atoms with Gasteiger partial charge in [0.1, 0.15) is 0 Å². The van der Waals surface area contributed by atoms with Crippen molar-refractivity contribution in [2.75, 3.05) is 0 Å². The van der Waals surface area contributed by atoms with E-state index in [0.29, 0.717) is 10.8 Å². The molecule has 0 saturated heterocycles. The van der Waals surface area contributed by atoms with Gasteiger partial charge in [0.15, 0.2) is 0 Å². The van der Waals surface area contributed by atoms with Gasteiger partial charge in [-0.25, -0.2) is 0 Å². The smallest absolute Gasteiger partial charge is 0.0175 e. The monoisotopic (exact) mass is 424 g/mol. The number of halogens is 1. The normalized spacial score (nSPS) is 54.6. The zero-order chi connectivity index (χ0) is 17.9. The Balaban J connectivity index is 1.33. The van der Waals surface area contributed by atoms with Gasteiger partial charge >= 0.3 is 0 Å². The Bertz CT molecular complexity index is 725. The maximum absolute atomic E-state index is 3.67. The van der Waals surface area contributed by atoms with Crippen LogP contribution in [0.25, 0.3) is 0 Å². The fourth-order valence-corrected chi connectivity index (χ4v) is 11.0. The maximum atomic E-state index is 3.67. The third-order valence-electron chi connectivity index (χ3n) is 10.7. The Morgan fingerprint density at radius 2 is 1.07 bits per heavy atom. The number of rotatable bonds is 2. The van der Waals surface area contributed by atoms with E-state index in [9.17, 15) is 0 Å². The molecule has 27 heavy (non-hydrogen) atoms. The highest BCUT2D eigenvalue weighted by atomic mass is 79.9. The molecule has 0 heterocycles. The molecule has 0 radical (unpaired) electrons. The van der Waals surface area contributed by atoms with Crippen LogP contribution in [0.3, 0.4) is 0 Å². The first-order valence-corrected chi connectivity index (χ1v) is 12.6. The van der Waals surface area contributed by atoms with Gasteiger partial charge in [-0.15, -0.1) is 0 Å². The molecule has 1 aromatic rings. The summed E-state index contributed by atoms with van der Waals surface area (Å²) in [5, 5.41) is 0. The lowest BCUT2D eigenvalue weighted by Gasteiger charge is -2.72. The summed E-state index contributed by atoms with van der Waals surface area (Å²) in [5.41, 5.74) is 3.67. The van der Waals surface area contributed by atoms with Gasteiger partial charge in [0.2, 0.25) is 0 Å². The molecule has 0 spiro atoms. The lowest BCUT2D eigenvalue weighted by atomic mass is 9.32. The Morgan fingerprint density at radius 1 is 0.593 bits per heavy atom. The van der Waals surface area contributed by atoms with Crippen LogP contribution in [0.2, 0.25) is 0 Å². The summed E-state index contributed by atoms with van der Waals surface area (Å²) in [6, 6.07) is 9.58. The SMILES string of the molecule is Brc1ccc(C23C[C@H]4C[C@@H](C2)CC(C25CC6CC(CC(C6)C2)C5)(C4)C3)cc1. The molecule has 0 amide bonds. The fourth-order valence-electron chi connectivity index (χ4n) is 10.8. The van der Waals surface area contributed by atoms with Crippen molar-refractivity contribution in [2.24, 2.45) is 40.4 Å². The Hall–Kier alpha value is -0.300. The predicted octanol–water partition coefficient (Wildman–Crippen LogP) is 7.50. The van der Waals surface area contributed by atoms with Crippen LogP contribution in [0.1, 0.15) is 82.6 Å². The highest BCUT2D eigenvalue weighted by Gasteiger charge is 2.67. The van der Waals surface area contributed by atoms with Crippen LogP contribution in [0.4, 0.5) is 0 Å². The summed E-state index contributed by atoms with van der Waals surface area (Å²) >= 11 is 3.67. The van der Waals surface area contributed by atoms with E-state index in [2.05, 4.69) is 40.2 Å². The van der Waals surface area contributed by atoms with Crippen LogP contribution in [-0.2, 0) is 5.41 Å². The number of hydrogen-bond acceptors (Lipinski definition) is 0. The molecule has 0 N–H and O–H groups in total. The minimum Gasteiger partial charge on any atom is -0.0574 e. The Morgan fingerprint density at radius 3 is 1.63 bits per heavy atom. The predicted molar refractivity (Wildman–Crippen MR) is 114 cm³/mol. The molecule has 8 bridgehead atoms. The van der Waals surface area contributed by atoms with Gasteiger partial charge in [0.25, 0.3) is 0 Å². The molecule has 8 aliphatic carbocycles. The largest absolute Gasteiger partial charge is 0.0574 e. The summed E-state index contributed by atoms with van der Waals surface area (Å²) in [6.45, 7) is 0. The first-order valence-electron chi connectivity index (χ1n) is 11.8. The third kappa shape index (κ3) is 2.16. The first-order chi connectivity index (χ1) is 13.1. The quantitative estimate of drug-likeness (QED) is 0.460. The molecule has 8 fully saturated rings. The summed E-state index contributed by atoms with van der Waals surface area (Å²) in [5.74, 6) is 5.37. The zero-order valence-corrected chi connectivity index (χ0v) is 18.1. The van der Waals surface area contributed by atoms with Crippen LogP contribution in [0.5, 0.6) is 0 Å². The van der Waals surface area contributed by atoms with Crippen molar-refractivity contribution < 1.29 is 0 Å². The molecule has 144 valence electrons.